The third kappa shape index (κ3) is 1.85. The molecule has 0 spiro atoms. The van der Waals surface area contributed by atoms with Crippen molar-refractivity contribution in [2.45, 2.75) is 13.3 Å². The van der Waals surface area contributed by atoms with E-state index in [1.54, 1.807) is 0 Å². The molecule has 1 aromatic rings. The minimum atomic E-state index is 0.381. The molecule has 2 nitrogen and oxygen atoms in total. The van der Waals surface area contributed by atoms with E-state index in [4.69, 9.17) is 5.73 Å². The summed E-state index contributed by atoms with van der Waals surface area (Å²) in [5, 5.41) is 0. The zero-order chi connectivity index (χ0) is 9.14. The first-order valence-electron chi connectivity index (χ1n) is 3.63. The third-order valence-electron chi connectivity index (χ3n) is 1.74. The third-order valence-corrected chi connectivity index (χ3v) is 2.20. The maximum Gasteiger partial charge on any atom is 0.124 e. The van der Waals surface area contributed by atoms with Crippen molar-refractivity contribution < 1.29 is 4.79 Å². The van der Waals surface area contributed by atoms with Crippen LogP contribution in [0.3, 0.4) is 0 Å². The monoisotopic (exact) mass is 227 g/mol. The molecule has 0 fully saturated rings. The molecule has 0 aliphatic heterocycles. The molecule has 0 atom stereocenters. The highest BCUT2D eigenvalue weighted by molar-refractivity contribution is 9.10. The predicted octanol–water partition coefficient (Wildman–Crippen LogP) is 2.08. The van der Waals surface area contributed by atoms with Gasteiger partial charge in [-0.05, 0) is 30.2 Å². The van der Waals surface area contributed by atoms with Gasteiger partial charge in [-0.3, -0.25) is 0 Å². The number of halogens is 1. The number of hydrogen-bond acceptors (Lipinski definition) is 2. The van der Waals surface area contributed by atoms with E-state index in [9.17, 15) is 4.79 Å². The second kappa shape index (κ2) is 3.72. The standard InChI is InChI=1S/C9H10BrNO/c1-6-4-8(10)5-7(2-3-12)9(6)11/h3-5H,2,11H2,1H3. The molecule has 1 aromatic carbocycles. The number of nitrogen functional groups attached to an aromatic ring is 1. The molecule has 12 heavy (non-hydrogen) atoms. The number of nitrogens with two attached hydrogens (primary N) is 1. The number of carbonyl (C=O) groups is 1. The van der Waals surface area contributed by atoms with E-state index in [1.807, 2.05) is 19.1 Å². The van der Waals surface area contributed by atoms with Gasteiger partial charge < -0.3 is 10.5 Å². The largest absolute Gasteiger partial charge is 0.398 e. The highest BCUT2D eigenvalue weighted by Gasteiger charge is 2.02. The van der Waals surface area contributed by atoms with Crippen molar-refractivity contribution in [3.63, 3.8) is 0 Å². The molecule has 0 amide bonds. The summed E-state index contributed by atoms with van der Waals surface area (Å²) < 4.78 is 0.964. The van der Waals surface area contributed by atoms with Gasteiger partial charge in [-0.15, -0.1) is 0 Å². The molecule has 0 aliphatic carbocycles. The number of benzene rings is 1. The molecule has 0 aromatic heterocycles. The van der Waals surface area contributed by atoms with E-state index in [1.165, 1.54) is 0 Å². The second-order valence-corrected chi connectivity index (χ2v) is 3.58. The van der Waals surface area contributed by atoms with Crippen molar-refractivity contribution in [1.82, 2.24) is 0 Å². The van der Waals surface area contributed by atoms with Crippen molar-refractivity contribution >= 4 is 27.9 Å². The Morgan fingerprint density at radius 2 is 2.25 bits per heavy atom. The van der Waals surface area contributed by atoms with Gasteiger partial charge in [-0.25, -0.2) is 0 Å². The van der Waals surface area contributed by atoms with E-state index in [2.05, 4.69) is 15.9 Å². The fraction of sp³-hybridized carbons (Fsp3) is 0.222. The number of aryl methyl sites for hydroxylation is 1. The van der Waals surface area contributed by atoms with Crippen molar-refractivity contribution in [3.8, 4) is 0 Å². The Hall–Kier alpha value is -0.830. The molecule has 0 saturated carbocycles. The van der Waals surface area contributed by atoms with Gasteiger partial charge in [-0.1, -0.05) is 15.9 Å². The van der Waals surface area contributed by atoms with Gasteiger partial charge in [0.05, 0.1) is 0 Å². The van der Waals surface area contributed by atoms with Crippen LogP contribution in [0.15, 0.2) is 16.6 Å². The van der Waals surface area contributed by atoms with Crippen LogP contribution in [0.1, 0.15) is 11.1 Å². The van der Waals surface area contributed by atoms with Crippen molar-refractivity contribution in [3.05, 3.63) is 27.7 Å². The van der Waals surface area contributed by atoms with E-state index in [0.717, 1.165) is 21.9 Å². The molecular formula is C9H10BrNO. The van der Waals surface area contributed by atoms with Gasteiger partial charge in [0.2, 0.25) is 0 Å². The van der Waals surface area contributed by atoms with Gasteiger partial charge >= 0.3 is 0 Å². The Kier molecular flexibility index (Phi) is 2.87. The number of anilines is 1. The maximum atomic E-state index is 10.3. The summed E-state index contributed by atoms with van der Waals surface area (Å²) in [5.41, 5.74) is 8.36. The molecule has 2 N–H and O–H groups in total. The minimum absolute atomic E-state index is 0.381. The van der Waals surface area contributed by atoms with Crippen LogP contribution in [0.25, 0.3) is 0 Å². The predicted molar refractivity (Wildman–Crippen MR) is 53.1 cm³/mol. The first kappa shape index (κ1) is 9.26. The fourth-order valence-electron chi connectivity index (χ4n) is 1.08. The summed E-state index contributed by atoms with van der Waals surface area (Å²) in [6, 6.07) is 3.81. The molecule has 64 valence electrons. The molecule has 1 rings (SSSR count). The topological polar surface area (TPSA) is 43.1 Å². The number of hydrogen-bond donors (Lipinski definition) is 1. The highest BCUT2D eigenvalue weighted by atomic mass is 79.9. The highest BCUT2D eigenvalue weighted by Crippen LogP contribution is 2.22. The van der Waals surface area contributed by atoms with Gasteiger partial charge in [0.1, 0.15) is 6.29 Å². The summed E-state index contributed by atoms with van der Waals surface area (Å²) in [6.45, 7) is 1.92. The van der Waals surface area contributed by atoms with E-state index in [0.29, 0.717) is 12.1 Å². The lowest BCUT2D eigenvalue weighted by molar-refractivity contribution is -0.107. The lowest BCUT2D eigenvalue weighted by Crippen LogP contribution is -1.98. The van der Waals surface area contributed by atoms with Crippen LogP contribution >= 0.6 is 15.9 Å². The fourth-order valence-corrected chi connectivity index (χ4v) is 1.70. The van der Waals surface area contributed by atoms with Gasteiger partial charge in [0.25, 0.3) is 0 Å². The van der Waals surface area contributed by atoms with Gasteiger partial charge in [0.15, 0.2) is 0 Å². The molecule has 3 heteroatoms. The van der Waals surface area contributed by atoms with Crippen LogP contribution in [0.2, 0.25) is 0 Å². The quantitative estimate of drug-likeness (QED) is 0.622. The lowest BCUT2D eigenvalue weighted by atomic mass is 10.1. The van der Waals surface area contributed by atoms with Crippen molar-refractivity contribution in [2.24, 2.45) is 0 Å². The first-order valence-corrected chi connectivity index (χ1v) is 4.42. The minimum Gasteiger partial charge on any atom is -0.398 e. The average Bonchev–Trinajstić information content (AvgIpc) is 2.00. The zero-order valence-electron chi connectivity index (χ0n) is 6.80. The van der Waals surface area contributed by atoms with E-state index >= 15 is 0 Å². The van der Waals surface area contributed by atoms with E-state index in [-0.39, 0.29) is 0 Å². The van der Waals surface area contributed by atoms with Crippen LogP contribution in [0, 0.1) is 6.92 Å². The molecular weight excluding hydrogens is 218 g/mol. The van der Waals surface area contributed by atoms with Crippen LogP contribution in [0.5, 0.6) is 0 Å². The lowest BCUT2D eigenvalue weighted by Gasteiger charge is -2.06. The van der Waals surface area contributed by atoms with Crippen LogP contribution in [-0.2, 0) is 11.2 Å². The summed E-state index contributed by atoms with van der Waals surface area (Å²) >= 11 is 3.35. The van der Waals surface area contributed by atoms with Crippen LogP contribution < -0.4 is 5.73 Å². The van der Waals surface area contributed by atoms with Gasteiger partial charge in [0, 0.05) is 16.6 Å². The molecule has 0 saturated heterocycles. The normalized spacial score (nSPS) is 9.83. The molecule has 0 unspecified atom stereocenters. The summed E-state index contributed by atoms with van der Waals surface area (Å²) in [5.74, 6) is 0. The Balaban J connectivity index is 3.17. The number of aldehydes is 1. The second-order valence-electron chi connectivity index (χ2n) is 2.67. The van der Waals surface area contributed by atoms with Crippen molar-refractivity contribution in [1.29, 1.82) is 0 Å². The zero-order valence-corrected chi connectivity index (χ0v) is 8.39. The Bertz CT molecular complexity index is 310. The molecule has 0 aliphatic rings. The Morgan fingerprint density at radius 3 is 2.83 bits per heavy atom. The van der Waals surface area contributed by atoms with Crippen LogP contribution in [-0.4, -0.2) is 6.29 Å². The molecule has 0 radical (unpaired) electrons. The molecule has 0 bridgehead atoms. The summed E-state index contributed by atoms with van der Waals surface area (Å²) in [7, 11) is 0. The molecule has 0 heterocycles. The van der Waals surface area contributed by atoms with Crippen LogP contribution in [0.4, 0.5) is 5.69 Å². The Morgan fingerprint density at radius 1 is 1.58 bits per heavy atom. The van der Waals surface area contributed by atoms with E-state index < -0.39 is 0 Å². The smallest absolute Gasteiger partial charge is 0.124 e. The Labute approximate surface area is 79.9 Å². The summed E-state index contributed by atoms with van der Waals surface area (Å²) in [4.78, 5) is 10.3. The number of carbonyl (C=O) groups excluding carboxylic acids is 1. The average molecular weight is 228 g/mol. The first-order chi connectivity index (χ1) is 5.65. The van der Waals surface area contributed by atoms with Crippen molar-refractivity contribution in [2.75, 3.05) is 5.73 Å². The number of rotatable bonds is 2. The SMILES string of the molecule is Cc1cc(Br)cc(CC=O)c1N. The van der Waals surface area contributed by atoms with Gasteiger partial charge in [-0.2, -0.15) is 0 Å². The maximum absolute atomic E-state index is 10.3. The summed E-state index contributed by atoms with van der Waals surface area (Å²) in [6.07, 6.45) is 1.24.